The zero-order chi connectivity index (χ0) is 22.0. The van der Waals surface area contributed by atoms with Crippen molar-refractivity contribution >= 4 is 22.4 Å². The van der Waals surface area contributed by atoms with Crippen molar-refractivity contribution < 1.29 is 18.9 Å². The largest absolute Gasteiger partial charge is 0.494 e. The summed E-state index contributed by atoms with van der Waals surface area (Å²) in [5.41, 5.74) is 1.33. The Bertz CT molecular complexity index is 1300. The van der Waals surface area contributed by atoms with Crippen LogP contribution in [0.5, 0.6) is 23.0 Å². The molecule has 2 aromatic heterocycles. The predicted molar refractivity (Wildman–Crippen MR) is 119 cm³/mol. The van der Waals surface area contributed by atoms with E-state index in [9.17, 15) is 4.79 Å². The molecule has 2 heterocycles. The number of nitrogens with zero attached hydrogens (tertiary/aromatic N) is 3. The molecule has 0 radical (unpaired) electrons. The second kappa shape index (κ2) is 8.65. The minimum atomic E-state index is -0.192. The highest BCUT2D eigenvalue weighted by Crippen LogP contribution is 2.40. The van der Waals surface area contributed by atoms with Crippen LogP contribution in [0.25, 0.3) is 22.4 Å². The molecule has 4 rings (SSSR count). The lowest BCUT2D eigenvalue weighted by Gasteiger charge is -2.13. The monoisotopic (exact) mass is 439 g/mol. The summed E-state index contributed by atoms with van der Waals surface area (Å²) in [6.07, 6.45) is 1.83. The number of benzene rings is 2. The number of ether oxygens (including phenoxy) is 4. The molecule has 0 spiro atoms. The zero-order valence-corrected chi connectivity index (χ0v) is 18.4. The van der Waals surface area contributed by atoms with Gasteiger partial charge >= 0.3 is 0 Å². The van der Waals surface area contributed by atoms with Crippen LogP contribution in [-0.2, 0) is 0 Å². The van der Waals surface area contributed by atoms with Crippen molar-refractivity contribution in [2.75, 3.05) is 27.9 Å². The lowest BCUT2D eigenvalue weighted by atomic mass is 10.1. The lowest BCUT2D eigenvalue weighted by Crippen LogP contribution is -2.23. The molecule has 0 aliphatic rings. The fraction of sp³-hybridized carbons (Fsp3) is 0.227. The van der Waals surface area contributed by atoms with Crippen LogP contribution < -0.4 is 29.0 Å². The van der Waals surface area contributed by atoms with Gasteiger partial charge in [-0.3, -0.25) is 4.79 Å². The maximum atomic E-state index is 13.1. The molecule has 0 saturated carbocycles. The van der Waals surface area contributed by atoms with Crippen LogP contribution in [0.4, 0.5) is 0 Å². The molecule has 0 saturated heterocycles. The summed E-state index contributed by atoms with van der Waals surface area (Å²) in [4.78, 5) is 13.6. The minimum Gasteiger partial charge on any atom is -0.494 e. The highest BCUT2D eigenvalue weighted by molar-refractivity contribution is 7.15. The predicted octanol–water partition coefficient (Wildman–Crippen LogP) is 2.79. The Hall–Kier alpha value is -3.59. The van der Waals surface area contributed by atoms with E-state index in [2.05, 4.69) is 10.2 Å². The maximum Gasteiger partial charge on any atom is 0.276 e. The van der Waals surface area contributed by atoms with Gasteiger partial charge < -0.3 is 18.9 Å². The first kappa shape index (κ1) is 20.7. The minimum absolute atomic E-state index is 0.192. The van der Waals surface area contributed by atoms with Crippen LogP contribution in [0, 0.1) is 0 Å². The molecule has 4 aromatic rings. The highest BCUT2D eigenvalue weighted by Gasteiger charge is 2.19. The summed E-state index contributed by atoms with van der Waals surface area (Å²) in [6.45, 7) is 2.54. The maximum absolute atomic E-state index is 13.1. The van der Waals surface area contributed by atoms with Gasteiger partial charge in [0.1, 0.15) is 5.75 Å². The van der Waals surface area contributed by atoms with Crippen LogP contribution in [0.1, 0.15) is 12.5 Å². The van der Waals surface area contributed by atoms with Gasteiger partial charge in [0.05, 0.1) is 32.5 Å². The van der Waals surface area contributed by atoms with Crippen LogP contribution >= 0.6 is 11.3 Å². The number of methoxy groups -OCH3 is 3. The Kier molecular flexibility index (Phi) is 5.77. The van der Waals surface area contributed by atoms with Gasteiger partial charge in [0.2, 0.25) is 10.7 Å². The third-order valence-electron chi connectivity index (χ3n) is 4.66. The lowest BCUT2D eigenvalue weighted by molar-refractivity contribution is 0.324. The van der Waals surface area contributed by atoms with E-state index in [-0.39, 0.29) is 5.56 Å². The number of aromatic nitrogens is 3. The van der Waals surface area contributed by atoms with E-state index in [0.717, 1.165) is 11.3 Å². The molecule has 0 aliphatic carbocycles. The van der Waals surface area contributed by atoms with Crippen molar-refractivity contribution in [3.63, 3.8) is 0 Å². The Morgan fingerprint density at radius 2 is 1.68 bits per heavy atom. The Morgan fingerprint density at radius 1 is 1.00 bits per heavy atom. The van der Waals surface area contributed by atoms with Gasteiger partial charge in [-0.05, 0) is 42.8 Å². The van der Waals surface area contributed by atoms with Crippen molar-refractivity contribution in [3.05, 3.63) is 56.8 Å². The second-order valence-electron chi connectivity index (χ2n) is 6.47. The molecule has 2 aromatic carbocycles. The standard InChI is InChI=1S/C22H21N3O5S/c1-5-30-15-8-6-13(7-9-15)10-18-21(26)25-20(23-24-22(25)31-18)14-11-16(27-2)19(29-4)17(12-14)28-3/h6-12H,5H2,1-4H3/b18-10+. The third-order valence-corrected chi connectivity index (χ3v) is 5.62. The van der Waals surface area contributed by atoms with Crippen LogP contribution in [0.3, 0.4) is 0 Å². The van der Waals surface area contributed by atoms with Gasteiger partial charge in [-0.15, -0.1) is 10.2 Å². The second-order valence-corrected chi connectivity index (χ2v) is 7.48. The Labute approximate surface area is 182 Å². The van der Waals surface area contributed by atoms with Crippen molar-refractivity contribution in [2.24, 2.45) is 0 Å². The first-order valence-electron chi connectivity index (χ1n) is 9.52. The molecule has 9 heteroatoms. The highest BCUT2D eigenvalue weighted by atomic mass is 32.1. The van der Waals surface area contributed by atoms with E-state index < -0.39 is 0 Å². The first-order chi connectivity index (χ1) is 15.1. The molecule has 0 N–H and O–H groups in total. The zero-order valence-electron chi connectivity index (χ0n) is 17.5. The van der Waals surface area contributed by atoms with E-state index in [1.54, 1.807) is 12.1 Å². The number of thiazole rings is 1. The first-order valence-corrected chi connectivity index (χ1v) is 10.3. The van der Waals surface area contributed by atoms with Gasteiger partial charge in [-0.25, -0.2) is 4.40 Å². The number of rotatable bonds is 7. The molecule has 0 unspecified atom stereocenters. The Morgan fingerprint density at radius 3 is 2.26 bits per heavy atom. The SMILES string of the molecule is CCOc1ccc(/C=c2/sc3nnc(-c4cc(OC)c(OC)c(OC)c4)n3c2=O)cc1. The molecule has 0 amide bonds. The summed E-state index contributed by atoms with van der Waals surface area (Å²) < 4.78 is 23.7. The van der Waals surface area contributed by atoms with Gasteiger partial charge in [0.25, 0.3) is 5.56 Å². The molecule has 31 heavy (non-hydrogen) atoms. The average molecular weight is 439 g/mol. The average Bonchev–Trinajstić information content (AvgIpc) is 3.34. The smallest absolute Gasteiger partial charge is 0.276 e. The number of fused-ring (bicyclic) bond motifs is 1. The van der Waals surface area contributed by atoms with E-state index in [1.807, 2.05) is 37.3 Å². The van der Waals surface area contributed by atoms with Crippen LogP contribution in [-0.4, -0.2) is 42.5 Å². The van der Waals surface area contributed by atoms with Gasteiger partial charge in [-0.1, -0.05) is 23.5 Å². The van der Waals surface area contributed by atoms with Crippen molar-refractivity contribution in [2.45, 2.75) is 6.92 Å². The van der Waals surface area contributed by atoms with E-state index >= 15 is 0 Å². The summed E-state index contributed by atoms with van der Waals surface area (Å²) in [5.74, 6) is 2.60. The third kappa shape index (κ3) is 3.79. The number of hydrogen-bond donors (Lipinski definition) is 0. The quantitative estimate of drug-likeness (QED) is 0.438. The van der Waals surface area contributed by atoms with Gasteiger partial charge in [-0.2, -0.15) is 0 Å². The van der Waals surface area contributed by atoms with Crippen molar-refractivity contribution in [1.82, 2.24) is 14.6 Å². The summed E-state index contributed by atoms with van der Waals surface area (Å²) in [7, 11) is 4.61. The Balaban J connectivity index is 1.82. The number of hydrogen-bond acceptors (Lipinski definition) is 8. The molecule has 160 valence electrons. The van der Waals surface area contributed by atoms with E-state index in [1.165, 1.54) is 37.1 Å². The summed E-state index contributed by atoms with van der Waals surface area (Å²) >= 11 is 1.28. The van der Waals surface area contributed by atoms with Crippen molar-refractivity contribution in [1.29, 1.82) is 0 Å². The molecule has 0 bridgehead atoms. The van der Waals surface area contributed by atoms with Crippen LogP contribution in [0.2, 0.25) is 0 Å². The van der Waals surface area contributed by atoms with Gasteiger partial charge in [0.15, 0.2) is 17.3 Å². The molecular formula is C22H21N3O5S. The topological polar surface area (TPSA) is 84.2 Å². The van der Waals surface area contributed by atoms with Crippen molar-refractivity contribution in [3.8, 4) is 34.4 Å². The summed E-state index contributed by atoms with van der Waals surface area (Å²) in [5, 5.41) is 8.40. The van der Waals surface area contributed by atoms with Crippen LogP contribution in [0.15, 0.2) is 41.2 Å². The molecule has 0 fully saturated rings. The fourth-order valence-corrected chi connectivity index (χ4v) is 4.15. The fourth-order valence-electron chi connectivity index (χ4n) is 3.24. The van der Waals surface area contributed by atoms with E-state index in [4.69, 9.17) is 18.9 Å². The summed E-state index contributed by atoms with van der Waals surface area (Å²) in [6, 6.07) is 11.1. The van der Waals surface area contributed by atoms with E-state index in [0.29, 0.717) is 44.7 Å². The normalized spacial score (nSPS) is 11.7. The molecule has 8 nitrogen and oxygen atoms in total. The molecular weight excluding hydrogens is 418 g/mol. The molecule has 0 atom stereocenters. The molecule has 0 aliphatic heterocycles. The van der Waals surface area contributed by atoms with Gasteiger partial charge in [0, 0.05) is 5.56 Å².